The summed E-state index contributed by atoms with van der Waals surface area (Å²) in [6.45, 7) is 1.76. The summed E-state index contributed by atoms with van der Waals surface area (Å²) in [5.41, 5.74) is 1.31. The molecule has 1 aromatic rings. The van der Waals surface area contributed by atoms with Crippen LogP contribution in [-0.2, 0) is 11.2 Å². The van der Waals surface area contributed by atoms with Gasteiger partial charge in [0.15, 0.2) is 11.5 Å². The first-order valence-corrected chi connectivity index (χ1v) is 8.81. The van der Waals surface area contributed by atoms with E-state index in [4.69, 9.17) is 14.6 Å². The minimum Gasteiger partial charge on any atom is -0.504 e. The van der Waals surface area contributed by atoms with E-state index in [1.165, 1.54) is 14.2 Å². The van der Waals surface area contributed by atoms with E-state index in [2.05, 4.69) is 0 Å². The average molecular weight is 354 g/mol. The first-order chi connectivity index (χ1) is 11.9. The van der Waals surface area contributed by atoms with Crippen molar-refractivity contribution in [2.24, 2.45) is 0 Å². The van der Waals surface area contributed by atoms with Crippen molar-refractivity contribution in [3.63, 3.8) is 0 Å². The number of carboxylic acids is 1. The standard InChI is InChI=1S/C19H30O6/c1-13-14(17(23)19(25-3)18(24-2)16(13)22)11-9-7-5-4-6-8-10-12-15(20)21/h22-23H,4-12H2,1-3H3,(H,20,21). The number of carboxylic acid groups (broad SMARTS) is 1. The van der Waals surface area contributed by atoms with Gasteiger partial charge in [0.2, 0.25) is 11.5 Å². The zero-order valence-electron chi connectivity index (χ0n) is 15.4. The van der Waals surface area contributed by atoms with Crippen molar-refractivity contribution in [2.75, 3.05) is 14.2 Å². The molecule has 0 radical (unpaired) electrons. The third kappa shape index (κ3) is 6.03. The number of aromatic hydroxyl groups is 2. The predicted octanol–water partition coefficient (Wildman–Crippen LogP) is 4.17. The Kier molecular flexibility index (Phi) is 8.95. The van der Waals surface area contributed by atoms with Gasteiger partial charge in [0, 0.05) is 17.5 Å². The molecular weight excluding hydrogens is 324 g/mol. The number of phenols is 2. The average Bonchev–Trinajstić information content (AvgIpc) is 2.58. The second-order valence-corrected chi connectivity index (χ2v) is 6.24. The fourth-order valence-corrected chi connectivity index (χ4v) is 2.99. The van der Waals surface area contributed by atoms with Gasteiger partial charge in [-0.1, -0.05) is 32.1 Å². The van der Waals surface area contributed by atoms with Crippen LogP contribution in [0.2, 0.25) is 0 Å². The molecule has 0 amide bonds. The molecule has 0 fully saturated rings. The van der Waals surface area contributed by atoms with Crippen molar-refractivity contribution in [1.29, 1.82) is 0 Å². The van der Waals surface area contributed by atoms with E-state index < -0.39 is 5.97 Å². The molecule has 3 N–H and O–H groups in total. The molecule has 0 heterocycles. The van der Waals surface area contributed by atoms with Crippen molar-refractivity contribution >= 4 is 5.97 Å². The number of unbranched alkanes of at least 4 members (excludes halogenated alkanes) is 6. The van der Waals surface area contributed by atoms with Gasteiger partial charge in [-0.05, 0) is 26.2 Å². The smallest absolute Gasteiger partial charge is 0.303 e. The molecule has 6 nitrogen and oxygen atoms in total. The van der Waals surface area contributed by atoms with Crippen LogP contribution in [0.3, 0.4) is 0 Å². The second kappa shape index (κ2) is 10.7. The maximum Gasteiger partial charge on any atom is 0.303 e. The lowest BCUT2D eigenvalue weighted by molar-refractivity contribution is -0.137. The van der Waals surface area contributed by atoms with Crippen LogP contribution in [0, 0.1) is 6.92 Å². The molecule has 142 valence electrons. The Morgan fingerprint density at radius 3 is 1.84 bits per heavy atom. The van der Waals surface area contributed by atoms with Gasteiger partial charge in [0.05, 0.1) is 14.2 Å². The molecule has 0 aromatic heterocycles. The minimum atomic E-state index is -0.728. The van der Waals surface area contributed by atoms with Crippen LogP contribution in [0.4, 0.5) is 0 Å². The van der Waals surface area contributed by atoms with E-state index >= 15 is 0 Å². The fraction of sp³-hybridized carbons (Fsp3) is 0.632. The Hall–Kier alpha value is -2.11. The third-order valence-corrected chi connectivity index (χ3v) is 4.46. The highest BCUT2D eigenvalue weighted by Gasteiger charge is 2.22. The van der Waals surface area contributed by atoms with Gasteiger partial charge in [-0.15, -0.1) is 0 Å². The lowest BCUT2D eigenvalue weighted by Crippen LogP contribution is -1.99. The van der Waals surface area contributed by atoms with E-state index in [-0.39, 0.29) is 29.4 Å². The van der Waals surface area contributed by atoms with Crippen molar-refractivity contribution < 1.29 is 29.6 Å². The summed E-state index contributed by atoms with van der Waals surface area (Å²) in [6, 6.07) is 0. The number of rotatable bonds is 12. The van der Waals surface area contributed by atoms with Crippen molar-refractivity contribution in [3.05, 3.63) is 11.1 Å². The van der Waals surface area contributed by atoms with Crippen molar-refractivity contribution in [1.82, 2.24) is 0 Å². The number of aliphatic carboxylic acids is 1. The molecule has 0 atom stereocenters. The molecule has 0 spiro atoms. The van der Waals surface area contributed by atoms with Gasteiger partial charge in [0.25, 0.3) is 0 Å². The van der Waals surface area contributed by atoms with E-state index in [0.29, 0.717) is 17.5 Å². The van der Waals surface area contributed by atoms with Crippen LogP contribution in [0.15, 0.2) is 0 Å². The summed E-state index contributed by atoms with van der Waals surface area (Å²) in [6.07, 6.45) is 7.74. The summed E-state index contributed by atoms with van der Waals surface area (Å²) in [7, 11) is 2.85. The van der Waals surface area contributed by atoms with Crippen molar-refractivity contribution in [2.45, 2.75) is 64.7 Å². The molecule has 0 unspecified atom stereocenters. The molecule has 1 rings (SSSR count). The molecule has 0 saturated carbocycles. The summed E-state index contributed by atoms with van der Waals surface area (Å²) in [5.74, 6) is -0.371. The molecule has 0 bridgehead atoms. The SMILES string of the molecule is COc1c(O)c(C)c(CCCCCCCCCC(=O)O)c(O)c1OC. The lowest BCUT2D eigenvalue weighted by Gasteiger charge is -2.17. The molecular formula is C19H30O6. The monoisotopic (exact) mass is 354 g/mol. The van der Waals surface area contributed by atoms with Gasteiger partial charge in [-0.25, -0.2) is 0 Å². The number of methoxy groups -OCH3 is 2. The number of hydrogen-bond acceptors (Lipinski definition) is 5. The van der Waals surface area contributed by atoms with Crippen LogP contribution < -0.4 is 9.47 Å². The third-order valence-electron chi connectivity index (χ3n) is 4.46. The Labute approximate surface area is 149 Å². The van der Waals surface area contributed by atoms with E-state index in [0.717, 1.165) is 44.9 Å². The van der Waals surface area contributed by atoms with E-state index in [1.807, 2.05) is 0 Å². The first kappa shape index (κ1) is 20.9. The number of hydrogen-bond donors (Lipinski definition) is 3. The summed E-state index contributed by atoms with van der Waals surface area (Å²) >= 11 is 0. The molecule has 25 heavy (non-hydrogen) atoms. The molecule has 0 aliphatic rings. The Morgan fingerprint density at radius 1 is 0.840 bits per heavy atom. The molecule has 0 aliphatic carbocycles. The predicted molar refractivity (Wildman–Crippen MR) is 95.9 cm³/mol. The van der Waals surface area contributed by atoms with Gasteiger partial charge < -0.3 is 24.8 Å². The lowest BCUT2D eigenvalue weighted by atomic mass is 9.98. The number of benzene rings is 1. The van der Waals surface area contributed by atoms with Crippen LogP contribution >= 0.6 is 0 Å². The normalized spacial score (nSPS) is 10.7. The topological polar surface area (TPSA) is 96.2 Å². The highest BCUT2D eigenvalue weighted by Crippen LogP contribution is 2.48. The van der Waals surface area contributed by atoms with Gasteiger partial charge in [-0.2, -0.15) is 0 Å². The maximum atomic E-state index is 10.4. The molecule has 0 saturated heterocycles. The second-order valence-electron chi connectivity index (χ2n) is 6.24. The zero-order chi connectivity index (χ0) is 18.8. The quantitative estimate of drug-likeness (QED) is 0.385. The molecule has 1 aromatic carbocycles. The minimum absolute atomic E-state index is 0.00517. The van der Waals surface area contributed by atoms with Crippen LogP contribution in [0.1, 0.15) is 62.5 Å². The van der Waals surface area contributed by atoms with Crippen LogP contribution in [-0.4, -0.2) is 35.5 Å². The van der Waals surface area contributed by atoms with Gasteiger partial charge in [0.1, 0.15) is 0 Å². The van der Waals surface area contributed by atoms with Gasteiger partial charge in [-0.3, -0.25) is 4.79 Å². The van der Waals surface area contributed by atoms with Crippen molar-refractivity contribution in [3.8, 4) is 23.0 Å². The Bertz CT molecular complexity index is 568. The highest BCUT2D eigenvalue weighted by molar-refractivity contribution is 5.66. The van der Waals surface area contributed by atoms with Gasteiger partial charge >= 0.3 is 5.97 Å². The largest absolute Gasteiger partial charge is 0.504 e. The number of carbonyl (C=O) groups is 1. The highest BCUT2D eigenvalue weighted by atomic mass is 16.5. The van der Waals surface area contributed by atoms with E-state index in [1.54, 1.807) is 6.92 Å². The summed E-state index contributed by atoms with van der Waals surface area (Å²) in [5, 5.41) is 29.2. The summed E-state index contributed by atoms with van der Waals surface area (Å²) < 4.78 is 10.3. The zero-order valence-corrected chi connectivity index (χ0v) is 15.4. The fourth-order valence-electron chi connectivity index (χ4n) is 2.99. The Morgan fingerprint density at radius 2 is 1.32 bits per heavy atom. The van der Waals surface area contributed by atoms with Crippen LogP contribution in [0.25, 0.3) is 0 Å². The number of ether oxygens (including phenoxy) is 2. The Balaban J connectivity index is 2.45. The maximum absolute atomic E-state index is 10.4. The van der Waals surface area contributed by atoms with Crippen LogP contribution in [0.5, 0.6) is 23.0 Å². The summed E-state index contributed by atoms with van der Waals surface area (Å²) in [4.78, 5) is 10.4. The van der Waals surface area contributed by atoms with E-state index in [9.17, 15) is 15.0 Å². The molecule has 6 heteroatoms. The first-order valence-electron chi connectivity index (χ1n) is 8.81. The molecule has 0 aliphatic heterocycles. The number of phenolic OH excluding ortho intramolecular Hbond substituents is 2.